The van der Waals surface area contributed by atoms with E-state index in [9.17, 15) is 9.59 Å². The molecule has 0 amide bonds. The first-order chi connectivity index (χ1) is 20.1. The second kappa shape index (κ2) is 14.9. The molecule has 1 aromatic rings. The molecule has 2 saturated heterocycles. The maximum Gasteiger partial charge on any atom is 0.338 e. The van der Waals surface area contributed by atoms with Gasteiger partial charge in [-0.05, 0) is 71.1 Å². The monoisotopic (exact) mass is 600 g/mol. The van der Waals surface area contributed by atoms with Crippen LogP contribution in [0.2, 0.25) is 0 Å². The number of ether oxygens (including phenoxy) is 2. The Kier molecular flexibility index (Phi) is 12.3. The fourth-order valence-electron chi connectivity index (χ4n) is 6.98. The van der Waals surface area contributed by atoms with Gasteiger partial charge in [0.1, 0.15) is 12.2 Å². The highest BCUT2D eigenvalue weighted by atomic mass is 16.7. The molecule has 0 bridgehead atoms. The van der Waals surface area contributed by atoms with E-state index in [1.165, 1.54) is 25.7 Å². The van der Waals surface area contributed by atoms with Crippen LogP contribution >= 0.6 is 0 Å². The average molecular weight is 601 g/mol. The molecule has 7 heteroatoms. The van der Waals surface area contributed by atoms with E-state index in [-0.39, 0.29) is 34.9 Å². The Labute approximate surface area is 261 Å². The predicted molar refractivity (Wildman–Crippen MR) is 173 cm³/mol. The van der Waals surface area contributed by atoms with E-state index in [0.29, 0.717) is 35.8 Å². The number of nitrogens with zero attached hydrogens (tertiary/aromatic N) is 1. The zero-order valence-corrected chi connectivity index (χ0v) is 28.8. The number of unbranched alkanes of at least 4 members (excludes halogenated alkanes) is 4. The van der Waals surface area contributed by atoms with Crippen molar-refractivity contribution in [1.82, 2.24) is 10.4 Å². The van der Waals surface area contributed by atoms with E-state index in [1.807, 2.05) is 0 Å². The molecule has 0 radical (unpaired) electrons. The number of carbonyl (C=O) groups excluding carboxylic acids is 2. The SMILES string of the molecule is CCCCCCCON1C(C(C)C)CC(OC(=O)c2cccc(C(=O)OC3CC(C)(C)NC(C)(C(C)C)C3)c2)CC1(C)C. The van der Waals surface area contributed by atoms with Crippen molar-refractivity contribution < 1.29 is 23.9 Å². The summed E-state index contributed by atoms with van der Waals surface area (Å²) >= 11 is 0. The maximum absolute atomic E-state index is 13.4. The van der Waals surface area contributed by atoms with Gasteiger partial charge in [0.2, 0.25) is 0 Å². The number of carbonyl (C=O) groups is 2. The molecule has 0 spiro atoms. The van der Waals surface area contributed by atoms with Crippen LogP contribution in [-0.2, 0) is 14.3 Å². The van der Waals surface area contributed by atoms with Crippen molar-refractivity contribution in [2.75, 3.05) is 6.61 Å². The van der Waals surface area contributed by atoms with Crippen LogP contribution in [-0.4, -0.2) is 58.5 Å². The number of piperidine rings is 2. The first-order valence-electron chi connectivity index (χ1n) is 16.8. The molecule has 4 unspecified atom stereocenters. The van der Waals surface area contributed by atoms with Gasteiger partial charge in [-0.1, -0.05) is 66.4 Å². The quantitative estimate of drug-likeness (QED) is 0.181. The second-order valence-corrected chi connectivity index (χ2v) is 15.3. The number of hydrogen-bond donors (Lipinski definition) is 1. The highest BCUT2D eigenvalue weighted by Crippen LogP contribution is 2.38. The molecule has 4 atom stereocenters. The number of benzene rings is 1. The Balaban J connectivity index is 1.63. The van der Waals surface area contributed by atoms with Crippen LogP contribution in [0.15, 0.2) is 24.3 Å². The van der Waals surface area contributed by atoms with Crippen molar-refractivity contribution in [3.63, 3.8) is 0 Å². The summed E-state index contributed by atoms with van der Waals surface area (Å²) in [6.45, 7) is 22.6. The molecule has 7 nitrogen and oxygen atoms in total. The Bertz CT molecular complexity index is 1070. The van der Waals surface area contributed by atoms with E-state index in [2.05, 4.69) is 79.6 Å². The highest BCUT2D eigenvalue weighted by Gasteiger charge is 2.45. The number of rotatable bonds is 13. The summed E-state index contributed by atoms with van der Waals surface area (Å²) < 4.78 is 12.1. The third-order valence-electron chi connectivity index (χ3n) is 9.55. The molecular weight excluding hydrogens is 540 g/mol. The van der Waals surface area contributed by atoms with Gasteiger partial charge in [0.05, 0.1) is 17.7 Å². The zero-order chi connectivity index (χ0) is 32.0. The lowest BCUT2D eigenvalue weighted by Crippen LogP contribution is -2.63. The summed E-state index contributed by atoms with van der Waals surface area (Å²) in [6, 6.07) is 6.91. The first-order valence-corrected chi connectivity index (χ1v) is 16.8. The summed E-state index contributed by atoms with van der Waals surface area (Å²) in [7, 11) is 0. The fourth-order valence-corrected chi connectivity index (χ4v) is 6.98. The van der Waals surface area contributed by atoms with Crippen molar-refractivity contribution in [2.24, 2.45) is 11.8 Å². The van der Waals surface area contributed by atoms with Gasteiger partial charge < -0.3 is 14.8 Å². The Morgan fingerprint density at radius 1 is 0.884 bits per heavy atom. The zero-order valence-electron chi connectivity index (χ0n) is 28.8. The minimum Gasteiger partial charge on any atom is -0.459 e. The van der Waals surface area contributed by atoms with Gasteiger partial charge in [-0.15, -0.1) is 0 Å². The van der Waals surface area contributed by atoms with Crippen molar-refractivity contribution in [3.05, 3.63) is 35.4 Å². The molecule has 3 rings (SSSR count). The third kappa shape index (κ3) is 9.76. The highest BCUT2D eigenvalue weighted by molar-refractivity contribution is 5.95. The normalized spacial score (nSPS) is 27.3. The van der Waals surface area contributed by atoms with Crippen molar-refractivity contribution in [2.45, 2.75) is 162 Å². The Hall–Kier alpha value is -1.96. The summed E-state index contributed by atoms with van der Waals surface area (Å²) in [5.41, 5.74) is 0.191. The van der Waals surface area contributed by atoms with Gasteiger partial charge >= 0.3 is 11.9 Å². The van der Waals surface area contributed by atoms with Crippen LogP contribution < -0.4 is 5.32 Å². The molecule has 0 saturated carbocycles. The molecule has 1 aromatic carbocycles. The van der Waals surface area contributed by atoms with Gasteiger partial charge in [0, 0.05) is 48.3 Å². The van der Waals surface area contributed by atoms with E-state index in [0.717, 1.165) is 25.9 Å². The molecule has 0 aromatic heterocycles. The maximum atomic E-state index is 13.4. The smallest absolute Gasteiger partial charge is 0.338 e. The van der Waals surface area contributed by atoms with E-state index < -0.39 is 11.9 Å². The first kappa shape index (κ1) is 35.5. The van der Waals surface area contributed by atoms with Crippen LogP contribution in [0.3, 0.4) is 0 Å². The van der Waals surface area contributed by atoms with Crippen LogP contribution in [0.25, 0.3) is 0 Å². The number of hydroxylamine groups is 2. The van der Waals surface area contributed by atoms with Gasteiger partial charge in [-0.3, -0.25) is 4.84 Å². The topological polar surface area (TPSA) is 77.1 Å². The van der Waals surface area contributed by atoms with E-state index in [4.69, 9.17) is 14.3 Å². The largest absolute Gasteiger partial charge is 0.459 e. The lowest BCUT2D eigenvalue weighted by molar-refractivity contribution is -0.273. The summed E-state index contributed by atoms with van der Waals surface area (Å²) in [5, 5.41) is 5.92. The predicted octanol–water partition coefficient (Wildman–Crippen LogP) is 8.12. The van der Waals surface area contributed by atoms with Crippen LogP contribution in [0.5, 0.6) is 0 Å². The third-order valence-corrected chi connectivity index (χ3v) is 9.55. The molecule has 0 aliphatic carbocycles. The standard InChI is InChI=1S/C36H60N2O5/c1-11-12-13-14-15-19-41-38-31(25(2)3)21-29(23-35(38,8)9)42-32(39)27-17-16-18-28(20-27)33(40)43-30-22-34(6,7)37-36(10,24-30)26(4)5/h16-18,20,25-26,29-31,37H,11-15,19,21-24H2,1-10H3. The summed E-state index contributed by atoms with van der Waals surface area (Å²) in [6.07, 6.45) is 8.44. The second-order valence-electron chi connectivity index (χ2n) is 15.3. The van der Waals surface area contributed by atoms with Crippen molar-refractivity contribution in [1.29, 1.82) is 0 Å². The van der Waals surface area contributed by atoms with Crippen molar-refractivity contribution >= 4 is 11.9 Å². The molecule has 244 valence electrons. The number of esters is 2. The molecule has 1 N–H and O–H groups in total. The summed E-state index contributed by atoms with van der Waals surface area (Å²) in [5.74, 6) is -0.0691. The molecule has 2 aliphatic rings. The molecular formula is C36H60N2O5. The van der Waals surface area contributed by atoms with Crippen LogP contribution in [0.1, 0.15) is 148 Å². The number of hydrogen-bond acceptors (Lipinski definition) is 7. The van der Waals surface area contributed by atoms with Crippen molar-refractivity contribution in [3.8, 4) is 0 Å². The van der Waals surface area contributed by atoms with Gasteiger partial charge in [0.15, 0.2) is 0 Å². The Morgan fingerprint density at radius 3 is 2.07 bits per heavy atom. The lowest BCUT2D eigenvalue weighted by Gasteiger charge is -2.50. The lowest BCUT2D eigenvalue weighted by atomic mass is 9.74. The molecule has 2 heterocycles. The van der Waals surface area contributed by atoms with Gasteiger partial charge in [-0.2, -0.15) is 5.06 Å². The Morgan fingerprint density at radius 2 is 1.49 bits per heavy atom. The number of nitrogens with one attached hydrogen (secondary N) is 1. The minimum atomic E-state index is -0.404. The van der Waals surface area contributed by atoms with Gasteiger partial charge in [-0.25, -0.2) is 9.59 Å². The van der Waals surface area contributed by atoms with E-state index in [1.54, 1.807) is 24.3 Å². The summed E-state index contributed by atoms with van der Waals surface area (Å²) in [4.78, 5) is 33.0. The molecule has 2 aliphatic heterocycles. The minimum absolute atomic E-state index is 0.130. The average Bonchev–Trinajstić information content (AvgIpc) is 2.89. The molecule has 2 fully saturated rings. The van der Waals surface area contributed by atoms with Crippen LogP contribution in [0.4, 0.5) is 0 Å². The fraction of sp³-hybridized carbons (Fsp3) is 0.778. The molecule has 43 heavy (non-hydrogen) atoms. The van der Waals surface area contributed by atoms with Gasteiger partial charge in [0.25, 0.3) is 0 Å². The van der Waals surface area contributed by atoms with Crippen LogP contribution in [0, 0.1) is 11.8 Å². The van der Waals surface area contributed by atoms with E-state index >= 15 is 0 Å².